The molecule has 1 aliphatic rings. The van der Waals surface area contributed by atoms with Crippen molar-refractivity contribution in [2.75, 3.05) is 26.8 Å². The molecule has 1 aliphatic heterocycles. The summed E-state index contributed by atoms with van der Waals surface area (Å²) < 4.78 is 7.70. The van der Waals surface area contributed by atoms with Crippen LogP contribution in [0.25, 0.3) is 10.2 Å². The summed E-state index contributed by atoms with van der Waals surface area (Å²) in [5, 5.41) is 3.24. The van der Waals surface area contributed by atoms with Crippen LogP contribution in [0.5, 0.6) is 0 Å². The van der Waals surface area contributed by atoms with E-state index in [9.17, 15) is 14.4 Å². The summed E-state index contributed by atoms with van der Waals surface area (Å²) in [5.74, 6) is 2.37. The normalized spacial score (nSPS) is 14.0. The number of aryl methyl sites for hydroxylation is 1. The molecule has 8 nitrogen and oxygen atoms in total. The van der Waals surface area contributed by atoms with Crippen molar-refractivity contribution in [1.29, 1.82) is 0 Å². The number of urea groups is 1. The number of carbonyl (C=O) groups excluding carboxylic acids is 1. The smallest absolute Gasteiger partial charge is 0.333 e. The summed E-state index contributed by atoms with van der Waals surface area (Å²) in [4.78, 5) is 40.6. The van der Waals surface area contributed by atoms with Gasteiger partial charge in [-0.15, -0.1) is 17.8 Å². The second kappa shape index (κ2) is 7.35. The number of aromatic nitrogens is 2. The number of terminal acetylenes is 1. The molecule has 2 aromatic heterocycles. The molecule has 0 aromatic carbocycles. The third kappa shape index (κ3) is 3.02. The molecule has 0 spiro atoms. The number of thiophene rings is 1. The van der Waals surface area contributed by atoms with Gasteiger partial charge < -0.3 is 15.0 Å². The minimum absolute atomic E-state index is 0.0836. The van der Waals surface area contributed by atoms with E-state index in [1.807, 2.05) is 6.92 Å². The highest BCUT2D eigenvalue weighted by atomic mass is 32.1. The molecule has 0 bridgehead atoms. The van der Waals surface area contributed by atoms with Gasteiger partial charge in [0, 0.05) is 25.1 Å². The number of ether oxygens (including phenoxy) is 1. The predicted molar refractivity (Wildman–Crippen MR) is 99.6 cm³/mol. The predicted octanol–water partition coefficient (Wildman–Crippen LogP) is 0.338. The second-order valence-electron chi connectivity index (χ2n) is 6.01. The quantitative estimate of drug-likeness (QED) is 0.737. The minimum Gasteiger partial charge on any atom is -0.383 e. The summed E-state index contributed by atoms with van der Waals surface area (Å²) in [5.41, 5.74) is -0.0432. The number of fused-ring (bicyclic) bond motifs is 1. The minimum atomic E-state index is -0.441. The molecule has 3 rings (SSSR count). The van der Waals surface area contributed by atoms with Gasteiger partial charge in [0.15, 0.2) is 0 Å². The van der Waals surface area contributed by atoms with Gasteiger partial charge in [0.05, 0.1) is 31.6 Å². The fraction of sp³-hybridized carbons (Fsp3) is 0.471. The van der Waals surface area contributed by atoms with E-state index in [2.05, 4.69) is 11.2 Å². The molecule has 0 unspecified atom stereocenters. The van der Waals surface area contributed by atoms with Crippen molar-refractivity contribution in [1.82, 2.24) is 19.4 Å². The number of amides is 2. The molecular formula is C17H20N4O4S. The molecule has 1 saturated heterocycles. The largest absolute Gasteiger partial charge is 0.383 e. The molecule has 3 heterocycles. The highest BCUT2D eigenvalue weighted by Crippen LogP contribution is 2.29. The summed E-state index contributed by atoms with van der Waals surface area (Å²) in [6, 6.07) is -0.122. The maximum absolute atomic E-state index is 12.8. The highest BCUT2D eigenvalue weighted by molar-refractivity contribution is 7.18. The van der Waals surface area contributed by atoms with Crippen LogP contribution in [0, 0.1) is 19.3 Å². The van der Waals surface area contributed by atoms with Crippen LogP contribution >= 0.6 is 11.3 Å². The van der Waals surface area contributed by atoms with Crippen LogP contribution in [-0.2, 0) is 24.4 Å². The van der Waals surface area contributed by atoms with Crippen LogP contribution < -0.4 is 16.6 Å². The number of hydrogen-bond acceptors (Lipinski definition) is 5. The highest BCUT2D eigenvalue weighted by Gasteiger charge is 2.24. The first-order valence-electron chi connectivity index (χ1n) is 8.20. The van der Waals surface area contributed by atoms with Crippen LogP contribution in [0.4, 0.5) is 4.79 Å². The molecule has 26 heavy (non-hydrogen) atoms. The molecular weight excluding hydrogens is 356 g/mol. The van der Waals surface area contributed by atoms with Crippen LogP contribution in [0.2, 0.25) is 0 Å². The van der Waals surface area contributed by atoms with Crippen molar-refractivity contribution in [2.45, 2.75) is 26.6 Å². The Bertz CT molecular complexity index is 1010. The molecule has 9 heteroatoms. The average Bonchev–Trinajstić information content (AvgIpc) is 3.16. The van der Waals surface area contributed by atoms with Crippen molar-refractivity contribution in [2.24, 2.45) is 0 Å². The number of hydrogen-bond donors (Lipinski definition) is 1. The van der Waals surface area contributed by atoms with Crippen molar-refractivity contribution < 1.29 is 9.53 Å². The lowest BCUT2D eigenvalue weighted by Crippen LogP contribution is -2.40. The summed E-state index contributed by atoms with van der Waals surface area (Å²) in [6.45, 7) is 4.05. The zero-order valence-electron chi connectivity index (χ0n) is 14.7. The lowest BCUT2D eigenvalue weighted by Gasteiger charge is -2.12. The van der Waals surface area contributed by atoms with Gasteiger partial charge in [0.2, 0.25) is 0 Å². The maximum Gasteiger partial charge on any atom is 0.333 e. The van der Waals surface area contributed by atoms with Gasteiger partial charge in [-0.25, -0.2) is 14.2 Å². The first kappa shape index (κ1) is 18.2. The van der Waals surface area contributed by atoms with E-state index in [-0.39, 0.29) is 18.1 Å². The second-order valence-corrected chi connectivity index (χ2v) is 7.09. The maximum atomic E-state index is 12.8. The molecule has 0 radical (unpaired) electrons. The van der Waals surface area contributed by atoms with Gasteiger partial charge in [0.1, 0.15) is 4.83 Å². The molecule has 1 fully saturated rings. The molecule has 2 aromatic rings. The first-order valence-corrected chi connectivity index (χ1v) is 9.02. The standard InChI is InChI=1S/C17H20N4O4S/c1-4-6-20-14(22)13-11(2)12(10-19-7-5-18-16(19)23)26-15(13)21(17(20)24)8-9-25-3/h1H,5-10H2,2-3H3,(H,18,23). The van der Waals surface area contributed by atoms with Gasteiger partial charge in [-0.2, -0.15) is 0 Å². The fourth-order valence-corrected chi connectivity index (χ4v) is 4.37. The summed E-state index contributed by atoms with van der Waals surface area (Å²) >= 11 is 1.37. The first-order chi connectivity index (χ1) is 12.5. The number of methoxy groups -OCH3 is 1. The van der Waals surface area contributed by atoms with Gasteiger partial charge in [-0.3, -0.25) is 9.36 Å². The van der Waals surface area contributed by atoms with Gasteiger partial charge in [0.25, 0.3) is 5.56 Å². The van der Waals surface area contributed by atoms with Crippen LogP contribution in [0.15, 0.2) is 9.59 Å². The topological polar surface area (TPSA) is 85.6 Å². The van der Waals surface area contributed by atoms with E-state index in [0.717, 1.165) is 15.0 Å². The molecule has 0 saturated carbocycles. The zero-order valence-corrected chi connectivity index (χ0v) is 15.5. The Balaban J connectivity index is 2.19. The Morgan fingerprint density at radius 2 is 2.08 bits per heavy atom. The van der Waals surface area contributed by atoms with Crippen molar-refractivity contribution in [3.8, 4) is 12.3 Å². The van der Waals surface area contributed by atoms with Gasteiger partial charge >= 0.3 is 11.7 Å². The Kier molecular flexibility index (Phi) is 5.15. The fourth-order valence-electron chi connectivity index (χ4n) is 3.04. The zero-order chi connectivity index (χ0) is 18.8. The van der Waals surface area contributed by atoms with E-state index >= 15 is 0 Å². The third-order valence-electron chi connectivity index (χ3n) is 4.44. The molecule has 0 atom stereocenters. The summed E-state index contributed by atoms with van der Waals surface area (Å²) in [6.07, 6.45) is 5.33. The van der Waals surface area contributed by atoms with Crippen molar-refractivity contribution >= 4 is 27.6 Å². The SMILES string of the molecule is C#CCn1c(=O)c2c(C)c(CN3CCNC3=O)sc2n(CCOC)c1=O. The third-order valence-corrected chi connectivity index (χ3v) is 5.74. The molecule has 138 valence electrons. The molecule has 0 aliphatic carbocycles. The average molecular weight is 376 g/mol. The van der Waals surface area contributed by atoms with Gasteiger partial charge in [-0.1, -0.05) is 5.92 Å². The van der Waals surface area contributed by atoms with E-state index in [0.29, 0.717) is 43.0 Å². The van der Waals surface area contributed by atoms with Gasteiger partial charge in [-0.05, 0) is 12.5 Å². The number of rotatable bonds is 6. The Hall–Kier alpha value is -2.57. The van der Waals surface area contributed by atoms with E-state index in [4.69, 9.17) is 11.2 Å². The van der Waals surface area contributed by atoms with E-state index in [1.165, 1.54) is 15.9 Å². The Morgan fingerprint density at radius 3 is 2.69 bits per heavy atom. The molecule has 1 N–H and O–H groups in total. The number of nitrogens with one attached hydrogen (secondary N) is 1. The number of nitrogens with zero attached hydrogens (tertiary/aromatic N) is 3. The van der Waals surface area contributed by atoms with E-state index in [1.54, 1.807) is 12.0 Å². The lowest BCUT2D eigenvalue weighted by atomic mass is 10.2. The van der Waals surface area contributed by atoms with Crippen molar-refractivity contribution in [3.63, 3.8) is 0 Å². The van der Waals surface area contributed by atoms with Crippen LogP contribution in [-0.4, -0.2) is 46.9 Å². The van der Waals surface area contributed by atoms with Crippen molar-refractivity contribution in [3.05, 3.63) is 31.3 Å². The Morgan fingerprint density at radius 1 is 1.31 bits per heavy atom. The molecule has 2 amide bonds. The monoisotopic (exact) mass is 376 g/mol. The lowest BCUT2D eigenvalue weighted by molar-refractivity contribution is 0.186. The summed E-state index contributed by atoms with van der Waals surface area (Å²) in [7, 11) is 1.55. The van der Waals surface area contributed by atoms with Crippen LogP contribution in [0.1, 0.15) is 10.4 Å². The van der Waals surface area contributed by atoms with E-state index < -0.39 is 5.69 Å². The Labute approximate surface area is 154 Å². The van der Waals surface area contributed by atoms with Crippen LogP contribution in [0.3, 0.4) is 0 Å². The number of carbonyl (C=O) groups is 1.